The minimum Gasteiger partial charge on any atom is -0.399 e. The lowest BCUT2D eigenvalue weighted by molar-refractivity contribution is -0.467. The van der Waals surface area contributed by atoms with Gasteiger partial charge in [-0.1, -0.05) is 51.6 Å². The molecule has 0 radical (unpaired) electrons. The molecule has 0 aliphatic heterocycles. The lowest BCUT2D eigenvalue weighted by Crippen LogP contribution is -2.21. The van der Waals surface area contributed by atoms with Crippen LogP contribution in [0.4, 0.5) is 40.3 Å². The van der Waals surface area contributed by atoms with Crippen LogP contribution in [0.1, 0.15) is 30.1 Å². The number of aromatic nitrogens is 1. The third kappa shape index (κ3) is 27.2. The molecule has 0 saturated carbocycles. The van der Waals surface area contributed by atoms with E-state index in [1.165, 1.54) is 96.3 Å². The number of nitro groups is 3. The second-order valence-corrected chi connectivity index (χ2v) is 15.5. The fraction of sp³-hybridized carbons (Fsp3) is 0.146. The number of nitrogens with zero attached hydrogens (tertiary/aromatic N) is 4. The number of carbonyl (C=O) groups excluding carboxylic acids is 2. The highest BCUT2D eigenvalue weighted by atomic mass is 35.5. The van der Waals surface area contributed by atoms with Gasteiger partial charge in [-0.15, -0.1) is 35.9 Å². The van der Waals surface area contributed by atoms with E-state index in [-0.39, 0.29) is 31.5 Å². The first-order chi connectivity index (χ1) is 31.8. The molecule has 0 atom stereocenters. The number of carbonyl (C=O) groups is 2. The molecule has 5 rings (SSSR count). The zero-order chi connectivity index (χ0) is 52.1. The number of allylic oxidation sites excluding steroid dienone is 1. The summed E-state index contributed by atoms with van der Waals surface area (Å²) in [6, 6.07) is 17.0. The molecule has 0 aliphatic carbocycles. The molecule has 0 spiro atoms. The number of aryl methyl sites for hydroxylation is 1. The lowest BCUT2D eigenvalue weighted by Gasteiger charge is -2.06. The highest BCUT2D eigenvalue weighted by Crippen LogP contribution is 2.24. The molecule has 68 heavy (non-hydrogen) atoms. The summed E-state index contributed by atoms with van der Waals surface area (Å²) in [4.78, 5) is 51.5. The first kappa shape index (κ1) is 61.5. The van der Waals surface area contributed by atoms with Crippen molar-refractivity contribution in [2.24, 2.45) is 0 Å². The summed E-state index contributed by atoms with van der Waals surface area (Å²) in [6.07, 6.45) is 9.91. The molecule has 4 aromatic carbocycles. The molecule has 0 aliphatic rings. The van der Waals surface area contributed by atoms with Gasteiger partial charge in [-0.2, -0.15) is 0 Å². The Labute approximate surface area is 414 Å². The Balaban J connectivity index is 0.000000833. The Morgan fingerprint density at radius 1 is 0.735 bits per heavy atom. The van der Waals surface area contributed by atoms with Crippen LogP contribution in [-0.2, 0) is 4.79 Å². The molecule has 2 amide bonds. The minimum atomic E-state index is -0.838. The lowest BCUT2D eigenvalue weighted by atomic mass is 10.3. The molecule has 17 nitrogen and oxygen atoms in total. The normalized spacial score (nSPS) is 10.1. The maximum absolute atomic E-state index is 12.9. The van der Waals surface area contributed by atoms with E-state index in [0.717, 1.165) is 23.4 Å². The molecule has 0 saturated heterocycles. The summed E-state index contributed by atoms with van der Waals surface area (Å²) >= 11 is 24.5. The molecule has 27 heteroatoms. The molecule has 1 heterocycles. The first-order valence-electron chi connectivity index (χ1n) is 18.0. The number of benzene rings is 4. The van der Waals surface area contributed by atoms with E-state index < -0.39 is 56.4 Å². The van der Waals surface area contributed by atoms with Crippen LogP contribution >= 0.6 is 69.9 Å². The Morgan fingerprint density at radius 3 is 1.47 bits per heavy atom. The van der Waals surface area contributed by atoms with Crippen molar-refractivity contribution < 1.29 is 46.4 Å². The quantitative estimate of drug-likeness (QED) is 0.0316. The number of thioether (sulfide) groups is 2. The van der Waals surface area contributed by atoms with Crippen molar-refractivity contribution in [1.29, 1.82) is 0 Å². The van der Waals surface area contributed by atoms with Crippen LogP contribution in [0, 0.1) is 72.9 Å². The largest absolute Gasteiger partial charge is 0.399 e. The summed E-state index contributed by atoms with van der Waals surface area (Å²) in [5.74, 6) is -0.576. The van der Waals surface area contributed by atoms with Gasteiger partial charge in [0.25, 0.3) is 24.6 Å². The molecular weight excluding hydrogens is 1030 g/mol. The number of hydrogen-bond donors (Lipinski definition) is 4. The van der Waals surface area contributed by atoms with Crippen LogP contribution in [0.15, 0.2) is 106 Å². The molecule has 0 unspecified atom stereocenters. The molecule has 0 bridgehead atoms. The van der Waals surface area contributed by atoms with Gasteiger partial charge in [0, 0.05) is 33.7 Å². The van der Waals surface area contributed by atoms with E-state index >= 15 is 0 Å². The number of nitrogens with two attached hydrogens (primary N) is 1. The predicted octanol–water partition coefficient (Wildman–Crippen LogP) is 12.2. The van der Waals surface area contributed by atoms with Crippen LogP contribution in [0.3, 0.4) is 0 Å². The van der Waals surface area contributed by atoms with Crippen LogP contribution in [0.5, 0.6) is 0 Å². The fourth-order valence-corrected chi connectivity index (χ4v) is 5.13. The zero-order valence-electron chi connectivity index (χ0n) is 35.8. The number of nitrogen functional groups attached to an aromatic ring is 1. The van der Waals surface area contributed by atoms with Crippen LogP contribution in [0.25, 0.3) is 0 Å². The molecular formula is C41H38Cl4F4N8O9S2. The first-order valence-corrected chi connectivity index (χ1v) is 21.9. The molecule has 0 fully saturated rings. The molecule has 5 N–H and O–H groups in total. The summed E-state index contributed by atoms with van der Waals surface area (Å²) in [5, 5.41) is 41.1. The monoisotopic (exact) mass is 1070 g/mol. The summed E-state index contributed by atoms with van der Waals surface area (Å²) in [7, 11) is 0. The number of halogens is 8. The summed E-state index contributed by atoms with van der Waals surface area (Å²) in [5.41, 5.74) is 7.01. The van der Waals surface area contributed by atoms with Crippen molar-refractivity contribution in [3.63, 3.8) is 0 Å². The number of amides is 2. The standard InChI is InChI=1S/C11H8ClFN2O2.C9H8ClFN2O2S.C8H6ClFN2O3.C6H5ClFN.C4H7NO2S.C3H4/c1-6-4-10(15-17-6)11(16)14-7-2-3-9(13)8(12)5-7;1-16-9(5-13(14)15)12-6-2-3-8(11)7(10)4-6;9-6-3-5(1-2-7(6)10)11-8(13)4-12(14)15;7-5-3-4(9)1-2-6(5)8;1-4(8-2)3-5(6)7;1-3-2/h2-5H,1H3,(H,14,16);2-5,12H,1H3;1-3H,4H2,(H,11,13);1-3H,9H2;3H,1-2H3;1H,2H3/b;9-5-;;;4-3+;. The van der Waals surface area contributed by atoms with Crippen LogP contribution < -0.4 is 21.7 Å². The van der Waals surface area contributed by atoms with Gasteiger partial charge in [-0.25, -0.2) is 17.6 Å². The maximum atomic E-state index is 12.9. The highest BCUT2D eigenvalue weighted by Gasteiger charge is 2.13. The number of anilines is 4. The van der Waals surface area contributed by atoms with E-state index in [4.69, 9.17) is 56.7 Å². The minimum absolute atomic E-state index is 0.0356. The van der Waals surface area contributed by atoms with E-state index in [9.17, 15) is 57.5 Å². The second-order valence-electron chi connectivity index (χ2n) is 12.0. The van der Waals surface area contributed by atoms with Gasteiger partial charge >= 0.3 is 0 Å². The van der Waals surface area contributed by atoms with Gasteiger partial charge in [0.2, 0.25) is 6.20 Å². The number of rotatable bonds is 11. The van der Waals surface area contributed by atoms with Crippen molar-refractivity contribution in [3.05, 3.63) is 186 Å². The Morgan fingerprint density at radius 2 is 1.15 bits per heavy atom. The Bertz CT molecular complexity index is 2620. The highest BCUT2D eigenvalue weighted by molar-refractivity contribution is 8.02. The predicted molar refractivity (Wildman–Crippen MR) is 261 cm³/mol. The van der Waals surface area contributed by atoms with Crippen molar-refractivity contribution in [3.8, 4) is 12.3 Å². The zero-order valence-corrected chi connectivity index (χ0v) is 40.5. The number of terminal acetylenes is 1. The third-order valence-corrected chi connectivity index (χ3v) is 9.25. The van der Waals surface area contributed by atoms with Gasteiger partial charge in [-0.05, 0) is 106 Å². The second kappa shape index (κ2) is 33.0. The van der Waals surface area contributed by atoms with Crippen molar-refractivity contribution in [1.82, 2.24) is 5.16 Å². The molecule has 364 valence electrons. The SMILES string of the molecule is C#CC.CS/C(=C\[N+](=O)[O-])Nc1ccc(F)c(Cl)c1.CS/C(C)=C/[N+](=O)[O-].Cc1cc(C(=O)Nc2ccc(F)c(Cl)c2)no1.Nc1ccc(F)c(Cl)c1.O=C(C[N+](=O)[O-])Nc1ccc(F)c(Cl)c1. The third-order valence-electron chi connectivity index (χ3n) is 6.70. The van der Waals surface area contributed by atoms with Gasteiger partial charge < -0.3 is 26.2 Å². The van der Waals surface area contributed by atoms with Crippen molar-refractivity contribution in [2.45, 2.75) is 20.8 Å². The van der Waals surface area contributed by atoms with Gasteiger partial charge in [0.15, 0.2) is 5.69 Å². The smallest absolute Gasteiger partial charge is 0.296 e. The molecule has 1 aromatic heterocycles. The van der Waals surface area contributed by atoms with Gasteiger partial charge in [0.1, 0.15) is 34.1 Å². The van der Waals surface area contributed by atoms with E-state index in [1.54, 1.807) is 33.3 Å². The fourth-order valence-electron chi connectivity index (χ4n) is 3.80. The maximum Gasteiger partial charge on any atom is 0.296 e. The average molecular weight is 1070 g/mol. The average Bonchev–Trinajstić information content (AvgIpc) is 3.70. The molecule has 5 aromatic rings. The van der Waals surface area contributed by atoms with Crippen molar-refractivity contribution in [2.75, 3.05) is 40.7 Å². The van der Waals surface area contributed by atoms with E-state index in [1.807, 2.05) is 0 Å². The number of nitrogens with one attached hydrogen (secondary N) is 3. The summed E-state index contributed by atoms with van der Waals surface area (Å²) in [6.45, 7) is 4.20. The Kier molecular flexibility index (Phi) is 29.8. The van der Waals surface area contributed by atoms with Crippen molar-refractivity contribution >= 4 is 104 Å². The van der Waals surface area contributed by atoms with Crippen LogP contribution in [-0.4, -0.2) is 50.8 Å². The number of hydrogen-bond acceptors (Lipinski definition) is 14. The van der Waals surface area contributed by atoms with E-state index in [0.29, 0.717) is 27.9 Å². The van der Waals surface area contributed by atoms with Gasteiger partial charge in [0.05, 0.1) is 34.8 Å². The van der Waals surface area contributed by atoms with Gasteiger partial charge in [-0.3, -0.25) is 39.9 Å². The van der Waals surface area contributed by atoms with Crippen LogP contribution in [0.2, 0.25) is 20.1 Å². The topological polar surface area (TPSA) is 252 Å². The summed E-state index contributed by atoms with van der Waals surface area (Å²) < 4.78 is 55.5. The Hall–Kier alpha value is -6.55. The van der Waals surface area contributed by atoms with E-state index in [2.05, 4.69) is 33.5 Å².